The molecule has 0 spiro atoms. The van der Waals surface area contributed by atoms with E-state index in [0.29, 0.717) is 0 Å². The minimum atomic E-state index is -0.103. The SMILES string of the molecule is N#C/C=C(/[Se]/C(=C/C#N)c1ccccc1)c1ccccc1. The average molecular weight is 335 g/mol. The molecular formula is C18H12N2Se. The molecule has 21 heavy (non-hydrogen) atoms. The number of nitriles is 2. The summed E-state index contributed by atoms with van der Waals surface area (Å²) in [6.45, 7) is 0. The molecule has 2 aromatic rings. The Morgan fingerprint density at radius 2 is 1.10 bits per heavy atom. The first-order valence-corrected chi connectivity index (χ1v) is 8.04. The molecule has 0 amide bonds. The fourth-order valence-corrected chi connectivity index (χ4v) is 3.82. The second-order valence-electron chi connectivity index (χ2n) is 4.11. The van der Waals surface area contributed by atoms with E-state index in [1.54, 1.807) is 12.2 Å². The van der Waals surface area contributed by atoms with Gasteiger partial charge in [0.25, 0.3) is 0 Å². The van der Waals surface area contributed by atoms with Crippen LogP contribution in [0.2, 0.25) is 0 Å². The Kier molecular flexibility index (Phi) is 5.56. The molecule has 0 aliphatic heterocycles. The summed E-state index contributed by atoms with van der Waals surface area (Å²) in [5, 5.41) is 18.0. The van der Waals surface area contributed by atoms with Crippen molar-refractivity contribution < 1.29 is 0 Å². The van der Waals surface area contributed by atoms with Gasteiger partial charge in [0.1, 0.15) is 0 Å². The van der Waals surface area contributed by atoms with Gasteiger partial charge in [-0.05, 0) is 0 Å². The molecule has 0 atom stereocenters. The van der Waals surface area contributed by atoms with Gasteiger partial charge in [-0.3, -0.25) is 0 Å². The van der Waals surface area contributed by atoms with Crippen molar-refractivity contribution in [2.24, 2.45) is 0 Å². The van der Waals surface area contributed by atoms with Crippen LogP contribution in [0, 0.1) is 22.7 Å². The number of benzene rings is 2. The molecule has 0 saturated carbocycles. The predicted octanol–water partition coefficient (Wildman–Crippen LogP) is 3.82. The number of allylic oxidation sites excluding steroid dienone is 2. The molecule has 0 aliphatic carbocycles. The van der Waals surface area contributed by atoms with Gasteiger partial charge in [-0.2, -0.15) is 0 Å². The van der Waals surface area contributed by atoms with E-state index in [9.17, 15) is 0 Å². The third-order valence-electron chi connectivity index (χ3n) is 2.73. The number of rotatable bonds is 4. The zero-order valence-corrected chi connectivity index (χ0v) is 12.9. The van der Waals surface area contributed by atoms with Gasteiger partial charge in [-0.15, -0.1) is 0 Å². The zero-order chi connectivity index (χ0) is 14.9. The van der Waals surface area contributed by atoms with Gasteiger partial charge in [0, 0.05) is 0 Å². The Labute approximate surface area is 130 Å². The third-order valence-corrected chi connectivity index (χ3v) is 5.13. The van der Waals surface area contributed by atoms with Gasteiger partial charge in [0.05, 0.1) is 0 Å². The fourth-order valence-electron chi connectivity index (χ4n) is 1.78. The van der Waals surface area contributed by atoms with Crippen molar-refractivity contribution in [1.29, 1.82) is 10.5 Å². The number of hydrogen-bond donors (Lipinski definition) is 0. The molecule has 2 aromatic carbocycles. The van der Waals surface area contributed by atoms with Crippen LogP contribution < -0.4 is 0 Å². The predicted molar refractivity (Wildman–Crippen MR) is 85.8 cm³/mol. The van der Waals surface area contributed by atoms with Crippen molar-refractivity contribution in [1.82, 2.24) is 0 Å². The Balaban J connectivity index is 2.36. The molecule has 3 heteroatoms. The van der Waals surface area contributed by atoms with E-state index in [2.05, 4.69) is 12.1 Å². The molecule has 0 unspecified atom stereocenters. The van der Waals surface area contributed by atoms with Gasteiger partial charge in [0.15, 0.2) is 0 Å². The van der Waals surface area contributed by atoms with Crippen molar-refractivity contribution >= 4 is 23.9 Å². The summed E-state index contributed by atoms with van der Waals surface area (Å²) in [6.07, 6.45) is 3.15. The van der Waals surface area contributed by atoms with Crippen molar-refractivity contribution in [2.75, 3.05) is 0 Å². The Morgan fingerprint density at radius 1 is 0.714 bits per heavy atom. The summed E-state index contributed by atoms with van der Waals surface area (Å²) < 4.78 is 1.94. The van der Waals surface area contributed by atoms with Crippen LogP contribution in [0.25, 0.3) is 8.94 Å². The van der Waals surface area contributed by atoms with Crippen molar-refractivity contribution in [3.8, 4) is 12.1 Å². The summed E-state index contributed by atoms with van der Waals surface area (Å²) >= 11 is -0.103. The normalized spacial score (nSPS) is 11.5. The summed E-state index contributed by atoms with van der Waals surface area (Å²) in [4.78, 5) is 0. The molecule has 0 aromatic heterocycles. The molecular weight excluding hydrogens is 323 g/mol. The fraction of sp³-hybridized carbons (Fsp3) is 0. The van der Waals surface area contributed by atoms with Crippen LogP contribution >= 0.6 is 0 Å². The zero-order valence-electron chi connectivity index (χ0n) is 11.2. The van der Waals surface area contributed by atoms with E-state index >= 15 is 0 Å². The molecule has 0 fully saturated rings. The van der Waals surface area contributed by atoms with E-state index in [-0.39, 0.29) is 15.0 Å². The van der Waals surface area contributed by atoms with E-state index < -0.39 is 0 Å². The first-order valence-electron chi connectivity index (χ1n) is 6.33. The summed E-state index contributed by atoms with van der Waals surface area (Å²) in [6, 6.07) is 23.9. The molecule has 0 bridgehead atoms. The summed E-state index contributed by atoms with van der Waals surface area (Å²) in [5.74, 6) is 0. The summed E-state index contributed by atoms with van der Waals surface area (Å²) in [7, 11) is 0. The molecule has 0 radical (unpaired) electrons. The third kappa shape index (κ3) is 4.20. The van der Waals surface area contributed by atoms with E-state index in [1.807, 2.05) is 60.7 Å². The Bertz CT molecular complexity index is 667. The molecule has 2 nitrogen and oxygen atoms in total. The number of nitrogens with zero attached hydrogens (tertiary/aromatic N) is 2. The van der Waals surface area contributed by atoms with Crippen LogP contribution in [0.4, 0.5) is 0 Å². The monoisotopic (exact) mass is 336 g/mol. The minimum absolute atomic E-state index is 0.103. The van der Waals surface area contributed by atoms with Crippen LogP contribution in [0.1, 0.15) is 11.1 Å². The second-order valence-corrected chi connectivity index (χ2v) is 6.38. The van der Waals surface area contributed by atoms with E-state index in [0.717, 1.165) is 20.1 Å². The van der Waals surface area contributed by atoms with Crippen molar-refractivity contribution in [3.05, 3.63) is 83.9 Å². The van der Waals surface area contributed by atoms with Crippen LogP contribution in [-0.2, 0) is 0 Å². The summed E-state index contributed by atoms with van der Waals surface area (Å²) in [5.41, 5.74) is 2.05. The van der Waals surface area contributed by atoms with E-state index in [4.69, 9.17) is 10.5 Å². The van der Waals surface area contributed by atoms with Crippen LogP contribution in [0.3, 0.4) is 0 Å². The topological polar surface area (TPSA) is 47.6 Å². The first kappa shape index (κ1) is 14.8. The van der Waals surface area contributed by atoms with Crippen LogP contribution in [-0.4, -0.2) is 15.0 Å². The molecule has 0 N–H and O–H groups in total. The first-order chi connectivity index (χ1) is 10.3. The van der Waals surface area contributed by atoms with Crippen molar-refractivity contribution in [3.63, 3.8) is 0 Å². The van der Waals surface area contributed by atoms with Crippen LogP contribution in [0.15, 0.2) is 72.8 Å². The molecule has 0 saturated heterocycles. The maximum absolute atomic E-state index is 9.01. The average Bonchev–Trinajstić information content (AvgIpc) is 2.55. The van der Waals surface area contributed by atoms with Crippen molar-refractivity contribution in [2.45, 2.75) is 0 Å². The van der Waals surface area contributed by atoms with Gasteiger partial charge < -0.3 is 0 Å². The van der Waals surface area contributed by atoms with E-state index in [1.165, 1.54) is 0 Å². The molecule has 2 rings (SSSR count). The second kappa shape index (κ2) is 7.88. The molecule has 0 aliphatic rings. The van der Waals surface area contributed by atoms with Gasteiger partial charge >= 0.3 is 131 Å². The number of hydrogen-bond acceptors (Lipinski definition) is 2. The van der Waals surface area contributed by atoms with Crippen LogP contribution in [0.5, 0.6) is 0 Å². The molecule has 100 valence electrons. The van der Waals surface area contributed by atoms with Gasteiger partial charge in [-0.25, -0.2) is 0 Å². The maximum atomic E-state index is 9.01. The van der Waals surface area contributed by atoms with Gasteiger partial charge in [0.2, 0.25) is 0 Å². The Hall–Kier alpha value is -2.58. The quantitative estimate of drug-likeness (QED) is 0.630. The van der Waals surface area contributed by atoms with Gasteiger partial charge in [-0.1, -0.05) is 0 Å². The molecule has 0 heterocycles. The Morgan fingerprint density at radius 3 is 1.43 bits per heavy atom. The standard InChI is InChI=1S/C18H12N2Se/c19-13-11-17(15-7-3-1-4-8-15)21-18(12-14-20)16-9-5-2-6-10-16/h1-12H/b17-11+,18-12+.